The zero-order valence-electron chi connectivity index (χ0n) is 23.1. The van der Waals surface area contributed by atoms with Crippen LogP contribution in [-0.2, 0) is 19.7 Å². The molecule has 1 unspecified atom stereocenters. The number of amides is 2. The summed E-state index contributed by atoms with van der Waals surface area (Å²) in [7, 11) is 1.63. The zero-order chi connectivity index (χ0) is 29.4. The third-order valence-corrected chi connectivity index (χ3v) is 9.24. The first-order valence-corrected chi connectivity index (χ1v) is 14.8. The third kappa shape index (κ3) is 8.25. The highest BCUT2D eigenvalue weighted by molar-refractivity contribution is 6.42. The second-order valence-electron chi connectivity index (χ2n) is 10.4. The highest BCUT2D eigenvalue weighted by atomic mass is 35.5. The van der Waals surface area contributed by atoms with Gasteiger partial charge >= 0.3 is 0 Å². The largest absolute Gasteiger partial charge is 0.394 e. The van der Waals surface area contributed by atoms with E-state index in [1.54, 1.807) is 44.4 Å². The molecule has 2 aromatic rings. The highest BCUT2D eigenvalue weighted by Gasteiger charge is 2.38. The summed E-state index contributed by atoms with van der Waals surface area (Å²) < 4.78 is 5.18. The summed E-state index contributed by atoms with van der Waals surface area (Å²) in [5, 5.41) is 14.6. The van der Waals surface area contributed by atoms with Crippen LogP contribution in [0.4, 0.5) is 0 Å². The van der Waals surface area contributed by atoms with E-state index in [9.17, 15) is 14.7 Å². The summed E-state index contributed by atoms with van der Waals surface area (Å²) in [6, 6.07) is 9.73. The number of rotatable bonds is 12. The van der Waals surface area contributed by atoms with E-state index in [2.05, 4.69) is 10.2 Å². The van der Waals surface area contributed by atoms with Crippen molar-refractivity contribution in [2.75, 3.05) is 46.5 Å². The maximum absolute atomic E-state index is 13.9. The predicted molar refractivity (Wildman–Crippen MR) is 162 cm³/mol. The Kier molecular flexibility index (Phi) is 12.4. The summed E-state index contributed by atoms with van der Waals surface area (Å²) in [5.74, 6) is -0.201. The first-order chi connectivity index (χ1) is 19.0. The number of benzene rings is 2. The molecule has 2 aromatic carbocycles. The van der Waals surface area contributed by atoms with Crippen LogP contribution >= 0.6 is 46.4 Å². The van der Waals surface area contributed by atoms with Crippen molar-refractivity contribution in [3.05, 3.63) is 67.6 Å². The summed E-state index contributed by atoms with van der Waals surface area (Å²) in [6.45, 7) is 6.52. The summed E-state index contributed by atoms with van der Waals surface area (Å²) >= 11 is 24.8. The van der Waals surface area contributed by atoms with Crippen LogP contribution < -0.4 is 5.32 Å². The average molecular weight is 633 g/mol. The van der Waals surface area contributed by atoms with E-state index < -0.39 is 11.5 Å². The van der Waals surface area contributed by atoms with Crippen molar-refractivity contribution in [1.29, 1.82) is 0 Å². The van der Waals surface area contributed by atoms with Crippen molar-refractivity contribution in [2.24, 2.45) is 0 Å². The number of carbonyl (C=O) groups is 2. The van der Waals surface area contributed by atoms with Crippen LogP contribution in [-0.4, -0.2) is 79.3 Å². The van der Waals surface area contributed by atoms with E-state index in [4.69, 9.17) is 51.1 Å². The second-order valence-corrected chi connectivity index (χ2v) is 12.0. The quantitative estimate of drug-likeness (QED) is 0.311. The molecular formula is C29H37Cl4N3O4. The number of piperidine rings is 1. The van der Waals surface area contributed by atoms with Crippen LogP contribution in [0.5, 0.6) is 0 Å². The molecule has 3 rings (SSSR count). The molecule has 0 spiro atoms. The minimum atomic E-state index is -0.974. The summed E-state index contributed by atoms with van der Waals surface area (Å²) in [4.78, 5) is 30.3. The van der Waals surface area contributed by atoms with E-state index in [0.717, 1.165) is 31.5 Å². The van der Waals surface area contributed by atoms with E-state index >= 15 is 0 Å². The molecule has 1 aliphatic rings. The number of methoxy groups -OCH3 is 1. The minimum absolute atomic E-state index is 0.0553. The molecule has 7 nitrogen and oxygen atoms in total. The number of nitrogens with one attached hydrogen (secondary N) is 1. The molecule has 0 aromatic heterocycles. The van der Waals surface area contributed by atoms with Crippen LogP contribution in [0.1, 0.15) is 50.3 Å². The molecule has 0 saturated carbocycles. The van der Waals surface area contributed by atoms with Crippen molar-refractivity contribution >= 4 is 58.2 Å². The van der Waals surface area contributed by atoms with E-state index in [1.807, 2.05) is 17.9 Å². The Balaban J connectivity index is 1.76. The molecule has 0 bridgehead atoms. The molecule has 2 atom stereocenters. The Hall–Kier alpha value is -1.58. The second kappa shape index (κ2) is 15.1. The van der Waals surface area contributed by atoms with Crippen molar-refractivity contribution in [3.63, 3.8) is 0 Å². The number of hydrogen-bond donors (Lipinski definition) is 2. The smallest absolute Gasteiger partial charge is 0.230 e. The van der Waals surface area contributed by atoms with Gasteiger partial charge in [0.25, 0.3) is 0 Å². The summed E-state index contributed by atoms with van der Waals surface area (Å²) in [6.07, 6.45) is 2.20. The maximum Gasteiger partial charge on any atom is 0.230 e. The fraction of sp³-hybridized carbons (Fsp3) is 0.517. The molecule has 220 valence electrons. The van der Waals surface area contributed by atoms with Gasteiger partial charge in [0.05, 0.1) is 44.8 Å². The van der Waals surface area contributed by atoms with E-state index in [1.165, 1.54) is 0 Å². The normalized spacial score (nSPS) is 16.8. The van der Waals surface area contributed by atoms with Crippen molar-refractivity contribution in [3.8, 4) is 0 Å². The molecular weight excluding hydrogens is 596 g/mol. The van der Waals surface area contributed by atoms with Crippen LogP contribution in [0.3, 0.4) is 0 Å². The number of likely N-dealkylation sites (tertiary alicyclic amines) is 1. The number of carbonyl (C=O) groups excluding carboxylic acids is 2. The number of aliphatic hydroxyl groups excluding tert-OH is 1. The van der Waals surface area contributed by atoms with Gasteiger partial charge in [0.1, 0.15) is 0 Å². The molecule has 0 aliphatic carbocycles. The van der Waals surface area contributed by atoms with Crippen molar-refractivity contribution in [1.82, 2.24) is 15.1 Å². The number of nitrogens with zero attached hydrogens (tertiary/aromatic N) is 2. The Morgan fingerprint density at radius 1 is 1.07 bits per heavy atom. The SMILES string of the molecule is COCCN(C(C)=O)C1CCN(CCC(C)(C(=O)N[C@@H](CO)c2ccc(Cl)c(Cl)c2)c2ccc(Cl)c(Cl)c2)CC1. The molecule has 1 fully saturated rings. The van der Waals surface area contributed by atoms with Crippen LogP contribution in [0.25, 0.3) is 0 Å². The van der Waals surface area contributed by atoms with Crippen molar-refractivity contribution < 1.29 is 19.4 Å². The lowest BCUT2D eigenvalue weighted by molar-refractivity contribution is -0.133. The average Bonchev–Trinajstić information content (AvgIpc) is 2.94. The lowest BCUT2D eigenvalue weighted by Crippen LogP contribution is -2.50. The van der Waals surface area contributed by atoms with E-state index in [0.29, 0.717) is 51.8 Å². The molecule has 40 heavy (non-hydrogen) atoms. The van der Waals surface area contributed by atoms with Crippen molar-refractivity contribution in [2.45, 2.75) is 50.6 Å². The summed E-state index contributed by atoms with van der Waals surface area (Å²) in [5.41, 5.74) is 0.397. The Labute approximate surface area is 256 Å². The first kappa shape index (κ1) is 32.9. The Morgan fingerprint density at radius 2 is 1.70 bits per heavy atom. The van der Waals surface area contributed by atoms with E-state index in [-0.39, 0.29) is 24.5 Å². The third-order valence-electron chi connectivity index (χ3n) is 7.76. The lowest BCUT2D eigenvalue weighted by Gasteiger charge is -2.39. The molecule has 1 heterocycles. The Morgan fingerprint density at radius 3 is 2.25 bits per heavy atom. The van der Waals surface area contributed by atoms with Gasteiger partial charge in [-0.3, -0.25) is 9.59 Å². The molecule has 11 heteroatoms. The van der Waals surface area contributed by atoms with Gasteiger partial charge in [-0.2, -0.15) is 0 Å². The minimum Gasteiger partial charge on any atom is -0.394 e. The fourth-order valence-corrected chi connectivity index (χ4v) is 5.74. The lowest BCUT2D eigenvalue weighted by atomic mass is 9.78. The molecule has 1 saturated heterocycles. The monoisotopic (exact) mass is 631 g/mol. The molecule has 0 radical (unpaired) electrons. The van der Waals surface area contributed by atoms with Gasteiger partial charge in [0, 0.05) is 39.7 Å². The number of ether oxygens (including phenoxy) is 1. The van der Waals surface area contributed by atoms with Crippen LogP contribution in [0.15, 0.2) is 36.4 Å². The number of halogens is 4. The fourth-order valence-electron chi connectivity index (χ4n) is 5.13. The standard InChI is InChI=1S/C29H37Cl4N3O4/c1-19(38)36(14-15-40-3)22-8-11-35(12-9-22)13-10-29(2,21-5-7-24(31)26(33)17-21)28(39)34-27(18-37)20-4-6-23(30)25(32)16-20/h4-7,16-17,22,27,37H,8-15,18H2,1-3H3,(H,34,39)/t27-,29?/m0/s1. The molecule has 2 N–H and O–H groups in total. The molecule has 2 amide bonds. The highest BCUT2D eigenvalue weighted by Crippen LogP contribution is 2.35. The van der Waals surface area contributed by atoms with Gasteiger partial charge in [0.15, 0.2) is 0 Å². The predicted octanol–water partition coefficient (Wildman–Crippen LogP) is 5.76. The zero-order valence-corrected chi connectivity index (χ0v) is 26.1. The topological polar surface area (TPSA) is 82.1 Å². The van der Waals surface area contributed by atoms with Crippen LogP contribution in [0.2, 0.25) is 20.1 Å². The first-order valence-electron chi connectivity index (χ1n) is 13.3. The Bertz CT molecular complexity index is 1180. The maximum atomic E-state index is 13.9. The van der Waals surface area contributed by atoms with Gasteiger partial charge in [-0.05, 0) is 68.1 Å². The number of hydrogen-bond acceptors (Lipinski definition) is 5. The van der Waals surface area contributed by atoms with Gasteiger partial charge in [-0.1, -0.05) is 58.5 Å². The number of aliphatic hydroxyl groups is 1. The van der Waals surface area contributed by atoms with Gasteiger partial charge in [-0.25, -0.2) is 0 Å². The molecule has 1 aliphatic heterocycles. The van der Waals surface area contributed by atoms with Gasteiger partial charge < -0.3 is 25.0 Å². The van der Waals surface area contributed by atoms with Crippen LogP contribution in [0, 0.1) is 0 Å². The van der Waals surface area contributed by atoms with Gasteiger partial charge in [-0.15, -0.1) is 0 Å². The van der Waals surface area contributed by atoms with Gasteiger partial charge in [0.2, 0.25) is 11.8 Å².